The Bertz CT molecular complexity index is 600. The quantitative estimate of drug-likeness (QED) is 0.904. The van der Waals surface area contributed by atoms with Crippen LogP contribution in [0.1, 0.15) is 56.1 Å². The lowest BCUT2D eigenvalue weighted by Crippen LogP contribution is -2.22. The van der Waals surface area contributed by atoms with Crippen LogP contribution in [0.5, 0.6) is 0 Å². The number of fused-ring (bicyclic) bond motifs is 1. The van der Waals surface area contributed by atoms with Crippen molar-refractivity contribution in [2.24, 2.45) is 0 Å². The van der Waals surface area contributed by atoms with E-state index in [0.717, 1.165) is 25.8 Å². The molecule has 1 unspecified atom stereocenters. The molecule has 3 nitrogen and oxygen atoms in total. The highest BCUT2D eigenvalue weighted by atomic mass is 15.1. The molecule has 0 amide bonds. The molecule has 112 valence electrons. The standard InChI is InChI=1S/C18H25N3/c1-3-15(19-4-2)14-9-5-7-11-17(14)21-13-20-16-10-6-8-12-18(16)21/h5,7,9,11,13,15,19H,3-4,6,8,10,12H2,1-2H3. The van der Waals surface area contributed by atoms with Crippen molar-refractivity contribution in [1.82, 2.24) is 14.9 Å². The molecule has 1 atom stereocenters. The minimum absolute atomic E-state index is 0.410. The molecule has 1 N–H and O–H groups in total. The van der Waals surface area contributed by atoms with Gasteiger partial charge in [-0.05, 0) is 50.3 Å². The third-order valence-corrected chi connectivity index (χ3v) is 4.46. The topological polar surface area (TPSA) is 29.9 Å². The van der Waals surface area contributed by atoms with Crippen molar-refractivity contribution in [3.63, 3.8) is 0 Å². The molecule has 3 heteroatoms. The summed E-state index contributed by atoms with van der Waals surface area (Å²) in [7, 11) is 0. The molecule has 1 aliphatic rings. The summed E-state index contributed by atoms with van der Waals surface area (Å²) in [4.78, 5) is 4.65. The number of hydrogen-bond donors (Lipinski definition) is 1. The number of imidazole rings is 1. The first-order chi connectivity index (χ1) is 10.3. The highest BCUT2D eigenvalue weighted by molar-refractivity contribution is 5.45. The Labute approximate surface area is 127 Å². The van der Waals surface area contributed by atoms with Crippen LogP contribution in [0.3, 0.4) is 0 Å². The maximum Gasteiger partial charge on any atom is 0.0997 e. The van der Waals surface area contributed by atoms with E-state index in [-0.39, 0.29) is 0 Å². The van der Waals surface area contributed by atoms with Gasteiger partial charge in [-0.3, -0.25) is 0 Å². The van der Waals surface area contributed by atoms with E-state index in [4.69, 9.17) is 0 Å². The fourth-order valence-corrected chi connectivity index (χ4v) is 3.40. The lowest BCUT2D eigenvalue weighted by atomic mass is 9.99. The molecule has 0 radical (unpaired) electrons. The third-order valence-electron chi connectivity index (χ3n) is 4.46. The fraction of sp³-hybridized carbons (Fsp3) is 0.500. The average molecular weight is 283 g/mol. The van der Waals surface area contributed by atoms with Gasteiger partial charge in [0.15, 0.2) is 0 Å². The maximum absolute atomic E-state index is 4.65. The van der Waals surface area contributed by atoms with E-state index in [0.29, 0.717) is 6.04 Å². The zero-order valence-corrected chi connectivity index (χ0v) is 13.1. The SMILES string of the molecule is CCNC(CC)c1ccccc1-n1cnc2c1CCCC2. The zero-order chi connectivity index (χ0) is 14.7. The fourth-order valence-electron chi connectivity index (χ4n) is 3.40. The normalized spacial score (nSPS) is 15.7. The molecule has 3 rings (SSSR count). The molecule has 0 aliphatic heterocycles. The number of rotatable bonds is 5. The first kappa shape index (κ1) is 14.3. The van der Waals surface area contributed by atoms with E-state index in [1.54, 1.807) is 0 Å². The van der Waals surface area contributed by atoms with Crippen LogP contribution in [-0.4, -0.2) is 16.1 Å². The Morgan fingerprint density at radius 3 is 2.81 bits per heavy atom. The summed E-state index contributed by atoms with van der Waals surface area (Å²) in [5.41, 5.74) is 5.39. The van der Waals surface area contributed by atoms with Crippen molar-refractivity contribution in [3.05, 3.63) is 47.5 Å². The molecular formula is C18H25N3. The second-order valence-electron chi connectivity index (χ2n) is 5.79. The van der Waals surface area contributed by atoms with Gasteiger partial charge < -0.3 is 9.88 Å². The van der Waals surface area contributed by atoms with Gasteiger partial charge in [-0.1, -0.05) is 32.0 Å². The Morgan fingerprint density at radius 1 is 1.19 bits per heavy atom. The average Bonchev–Trinajstić information content (AvgIpc) is 2.96. The maximum atomic E-state index is 4.65. The monoisotopic (exact) mass is 283 g/mol. The summed E-state index contributed by atoms with van der Waals surface area (Å²) in [6, 6.07) is 9.16. The highest BCUT2D eigenvalue weighted by Crippen LogP contribution is 2.28. The number of benzene rings is 1. The molecule has 0 bridgehead atoms. The van der Waals surface area contributed by atoms with Crippen LogP contribution in [-0.2, 0) is 12.8 Å². The van der Waals surface area contributed by atoms with Gasteiger partial charge in [-0.15, -0.1) is 0 Å². The van der Waals surface area contributed by atoms with Gasteiger partial charge in [0.1, 0.15) is 0 Å². The molecule has 1 aliphatic carbocycles. The summed E-state index contributed by atoms with van der Waals surface area (Å²) in [5.74, 6) is 0. The Kier molecular flexibility index (Phi) is 4.39. The lowest BCUT2D eigenvalue weighted by Gasteiger charge is -2.22. The van der Waals surface area contributed by atoms with Crippen molar-refractivity contribution >= 4 is 0 Å². The summed E-state index contributed by atoms with van der Waals surface area (Å²) in [6.07, 6.45) is 7.97. The van der Waals surface area contributed by atoms with Crippen molar-refractivity contribution in [1.29, 1.82) is 0 Å². The number of para-hydroxylation sites is 1. The lowest BCUT2D eigenvalue weighted by molar-refractivity contribution is 0.534. The van der Waals surface area contributed by atoms with Crippen LogP contribution in [0, 0.1) is 0 Å². The van der Waals surface area contributed by atoms with Gasteiger partial charge in [0, 0.05) is 11.7 Å². The molecule has 1 aromatic heterocycles. The molecule has 0 spiro atoms. The predicted molar refractivity (Wildman–Crippen MR) is 86.9 cm³/mol. The molecule has 2 aromatic rings. The molecule has 0 saturated heterocycles. The number of aromatic nitrogens is 2. The first-order valence-electron chi connectivity index (χ1n) is 8.23. The van der Waals surface area contributed by atoms with Crippen molar-refractivity contribution in [2.75, 3.05) is 6.54 Å². The van der Waals surface area contributed by atoms with Crippen LogP contribution in [0.4, 0.5) is 0 Å². The molecule has 1 aromatic carbocycles. The summed E-state index contributed by atoms with van der Waals surface area (Å²) < 4.78 is 2.32. The Hall–Kier alpha value is -1.61. The Morgan fingerprint density at radius 2 is 2.00 bits per heavy atom. The molecule has 0 saturated carbocycles. The predicted octanol–water partition coefficient (Wildman–Crippen LogP) is 3.81. The number of aryl methyl sites for hydroxylation is 1. The smallest absolute Gasteiger partial charge is 0.0997 e. The second kappa shape index (κ2) is 6.44. The largest absolute Gasteiger partial charge is 0.310 e. The van der Waals surface area contributed by atoms with Gasteiger partial charge in [-0.25, -0.2) is 4.98 Å². The van der Waals surface area contributed by atoms with Crippen LogP contribution >= 0.6 is 0 Å². The highest BCUT2D eigenvalue weighted by Gasteiger charge is 2.19. The van der Waals surface area contributed by atoms with Crippen LogP contribution in [0.2, 0.25) is 0 Å². The molecule has 0 fully saturated rings. The van der Waals surface area contributed by atoms with Crippen LogP contribution in [0.15, 0.2) is 30.6 Å². The van der Waals surface area contributed by atoms with Gasteiger partial charge in [-0.2, -0.15) is 0 Å². The summed E-state index contributed by atoms with van der Waals surface area (Å²) in [5, 5.41) is 3.60. The van der Waals surface area contributed by atoms with E-state index in [1.807, 2.05) is 6.33 Å². The first-order valence-corrected chi connectivity index (χ1v) is 8.23. The minimum atomic E-state index is 0.410. The van der Waals surface area contributed by atoms with E-state index in [1.165, 1.54) is 35.5 Å². The summed E-state index contributed by atoms with van der Waals surface area (Å²) >= 11 is 0. The number of nitrogens with one attached hydrogen (secondary N) is 1. The van der Waals surface area contributed by atoms with E-state index < -0.39 is 0 Å². The molecule has 21 heavy (non-hydrogen) atoms. The third kappa shape index (κ3) is 2.75. The van der Waals surface area contributed by atoms with E-state index in [2.05, 4.69) is 53.0 Å². The number of hydrogen-bond acceptors (Lipinski definition) is 2. The second-order valence-corrected chi connectivity index (χ2v) is 5.79. The van der Waals surface area contributed by atoms with Crippen molar-refractivity contribution in [3.8, 4) is 5.69 Å². The minimum Gasteiger partial charge on any atom is -0.310 e. The number of nitrogens with zero attached hydrogens (tertiary/aromatic N) is 2. The van der Waals surface area contributed by atoms with Crippen LogP contribution in [0.25, 0.3) is 5.69 Å². The van der Waals surface area contributed by atoms with Crippen molar-refractivity contribution < 1.29 is 0 Å². The zero-order valence-electron chi connectivity index (χ0n) is 13.1. The Balaban J connectivity index is 2.04. The van der Waals surface area contributed by atoms with E-state index in [9.17, 15) is 0 Å². The van der Waals surface area contributed by atoms with Gasteiger partial charge >= 0.3 is 0 Å². The summed E-state index contributed by atoms with van der Waals surface area (Å²) in [6.45, 7) is 5.41. The van der Waals surface area contributed by atoms with E-state index >= 15 is 0 Å². The van der Waals surface area contributed by atoms with Gasteiger partial charge in [0.05, 0.1) is 17.7 Å². The van der Waals surface area contributed by atoms with Gasteiger partial charge in [0.25, 0.3) is 0 Å². The van der Waals surface area contributed by atoms with Crippen molar-refractivity contribution in [2.45, 2.75) is 52.0 Å². The van der Waals surface area contributed by atoms with Crippen LogP contribution < -0.4 is 5.32 Å². The molecule has 1 heterocycles. The molecular weight excluding hydrogens is 258 g/mol. The van der Waals surface area contributed by atoms with Gasteiger partial charge in [0.2, 0.25) is 0 Å².